The first-order valence-corrected chi connectivity index (χ1v) is 10.3. The molecule has 4 aromatic rings. The third-order valence-corrected chi connectivity index (χ3v) is 5.71. The van der Waals surface area contributed by atoms with Gasteiger partial charge in [0.2, 0.25) is 5.91 Å². The lowest BCUT2D eigenvalue weighted by atomic mass is 9.98. The van der Waals surface area contributed by atoms with Crippen LogP contribution in [0.5, 0.6) is 0 Å². The van der Waals surface area contributed by atoms with E-state index in [0.717, 1.165) is 22.1 Å². The van der Waals surface area contributed by atoms with Gasteiger partial charge in [-0.15, -0.1) is 0 Å². The van der Waals surface area contributed by atoms with Crippen LogP contribution >= 0.6 is 0 Å². The molecule has 0 aliphatic rings. The minimum absolute atomic E-state index is 0.134. The van der Waals surface area contributed by atoms with E-state index in [0.29, 0.717) is 34.1 Å². The smallest absolute Gasteiger partial charge is 0.340 e. The van der Waals surface area contributed by atoms with Gasteiger partial charge in [0.25, 0.3) is 0 Å². The van der Waals surface area contributed by atoms with E-state index in [1.165, 1.54) is 0 Å². The molecule has 0 fully saturated rings. The Hall–Kier alpha value is -3.38. The number of rotatable bonds is 6. The van der Waals surface area contributed by atoms with Crippen molar-refractivity contribution in [2.75, 3.05) is 6.61 Å². The molecule has 0 saturated carbocycles. The zero-order chi connectivity index (χ0) is 22.1. The van der Waals surface area contributed by atoms with Crippen LogP contribution in [0.25, 0.3) is 21.9 Å². The fraction of sp³-hybridized carbons (Fsp3) is 0.280. The Kier molecular flexibility index (Phi) is 5.65. The Morgan fingerprint density at radius 1 is 1.10 bits per heavy atom. The molecule has 0 unspecified atom stereocenters. The lowest BCUT2D eigenvalue weighted by molar-refractivity contribution is -0.121. The third-order valence-electron chi connectivity index (χ3n) is 5.71. The molecule has 0 aliphatic heterocycles. The van der Waals surface area contributed by atoms with Crippen LogP contribution in [0.1, 0.15) is 27.8 Å². The maximum Gasteiger partial charge on any atom is 0.340 e. The molecular formula is C25H25NO5. The number of carbonyl (C=O) groups excluding carboxylic acids is 1. The Balaban J connectivity index is 1.65. The molecule has 0 bridgehead atoms. The molecule has 0 aliphatic carbocycles. The van der Waals surface area contributed by atoms with Gasteiger partial charge in [-0.2, -0.15) is 0 Å². The highest BCUT2D eigenvalue weighted by Crippen LogP contribution is 2.34. The molecule has 0 saturated heterocycles. The standard InChI is InChI=1S/C25H25NO5/c1-14-9-20-23(24-22(14)15(2)13-30-24)16(3)19(25(29)31-20)11-21(28)26-18(12-27)10-17-7-5-4-6-8-17/h4-9,13,18,27H,10-12H2,1-3H3,(H,26,28)/t18-/m1/s1. The van der Waals surface area contributed by atoms with E-state index in [4.69, 9.17) is 8.83 Å². The van der Waals surface area contributed by atoms with Crippen molar-refractivity contribution in [2.24, 2.45) is 0 Å². The van der Waals surface area contributed by atoms with Gasteiger partial charge in [0.1, 0.15) is 11.2 Å². The number of nitrogens with one attached hydrogen (secondary N) is 1. The molecule has 0 radical (unpaired) electrons. The largest absolute Gasteiger partial charge is 0.463 e. The molecule has 2 heterocycles. The Labute approximate surface area is 179 Å². The maximum absolute atomic E-state index is 12.7. The molecule has 160 valence electrons. The minimum atomic E-state index is -0.536. The molecule has 2 aromatic carbocycles. The topological polar surface area (TPSA) is 92.7 Å². The van der Waals surface area contributed by atoms with Crippen molar-refractivity contribution in [3.8, 4) is 0 Å². The molecule has 1 atom stereocenters. The van der Waals surface area contributed by atoms with Crippen LogP contribution in [0.3, 0.4) is 0 Å². The number of carbonyl (C=O) groups is 1. The average molecular weight is 419 g/mol. The van der Waals surface area contributed by atoms with Gasteiger partial charge in [0, 0.05) is 5.39 Å². The summed E-state index contributed by atoms with van der Waals surface area (Å²) < 4.78 is 11.3. The van der Waals surface area contributed by atoms with Crippen molar-refractivity contribution in [1.29, 1.82) is 0 Å². The van der Waals surface area contributed by atoms with Crippen LogP contribution in [0.15, 0.2) is 56.3 Å². The Morgan fingerprint density at radius 3 is 2.55 bits per heavy atom. The van der Waals surface area contributed by atoms with Crippen LogP contribution in [-0.4, -0.2) is 23.7 Å². The first kappa shape index (κ1) is 20.9. The second-order valence-electron chi connectivity index (χ2n) is 8.00. The number of hydrogen-bond acceptors (Lipinski definition) is 5. The van der Waals surface area contributed by atoms with E-state index < -0.39 is 11.7 Å². The van der Waals surface area contributed by atoms with E-state index in [9.17, 15) is 14.7 Å². The fourth-order valence-electron chi connectivity index (χ4n) is 4.18. The number of aliphatic hydroxyl groups excluding tert-OH is 1. The fourth-order valence-corrected chi connectivity index (χ4v) is 4.18. The molecule has 2 aromatic heterocycles. The van der Waals surface area contributed by atoms with E-state index >= 15 is 0 Å². The number of furan rings is 1. The van der Waals surface area contributed by atoms with E-state index in [2.05, 4.69) is 5.32 Å². The molecule has 6 heteroatoms. The maximum atomic E-state index is 12.7. The summed E-state index contributed by atoms with van der Waals surface area (Å²) in [4.78, 5) is 25.4. The Morgan fingerprint density at radius 2 is 1.84 bits per heavy atom. The summed E-state index contributed by atoms with van der Waals surface area (Å²) in [6.07, 6.45) is 2.05. The van der Waals surface area contributed by atoms with E-state index in [1.54, 1.807) is 6.26 Å². The highest BCUT2D eigenvalue weighted by molar-refractivity contribution is 6.07. The zero-order valence-electron chi connectivity index (χ0n) is 17.8. The van der Waals surface area contributed by atoms with Gasteiger partial charge in [-0.25, -0.2) is 4.79 Å². The summed E-state index contributed by atoms with van der Waals surface area (Å²) in [5, 5.41) is 14.2. The SMILES string of the molecule is Cc1coc2c1c(C)cc1oc(=O)c(CC(=O)N[C@@H](CO)Cc3ccccc3)c(C)c12. The van der Waals surface area contributed by atoms with Crippen LogP contribution in [0.4, 0.5) is 0 Å². The highest BCUT2D eigenvalue weighted by atomic mass is 16.4. The zero-order valence-corrected chi connectivity index (χ0v) is 17.8. The predicted molar refractivity (Wildman–Crippen MR) is 119 cm³/mol. The van der Waals surface area contributed by atoms with Gasteiger partial charge < -0.3 is 19.3 Å². The highest BCUT2D eigenvalue weighted by Gasteiger charge is 2.21. The van der Waals surface area contributed by atoms with Crippen molar-refractivity contribution in [2.45, 2.75) is 39.7 Å². The lowest BCUT2D eigenvalue weighted by Gasteiger charge is -2.17. The number of amides is 1. The second kappa shape index (κ2) is 8.40. The van der Waals surface area contributed by atoms with Crippen molar-refractivity contribution in [1.82, 2.24) is 5.32 Å². The summed E-state index contributed by atoms with van der Waals surface area (Å²) in [5.74, 6) is -0.344. The van der Waals surface area contributed by atoms with E-state index in [-0.39, 0.29) is 18.9 Å². The first-order chi connectivity index (χ1) is 14.9. The average Bonchev–Trinajstić information content (AvgIpc) is 3.13. The van der Waals surface area contributed by atoms with Gasteiger partial charge in [-0.1, -0.05) is 30.3 Å². The molecule has 2 N–H and O–H groups in total. The normalized spacial score (nSPS) is 12.4. The summed E-state index contributed by atoms with van der Waals surface area (Å²) in [6, 6.07) is 11.0. The second-order valence-corrected chi connectivity index (χ2v) is 8.00. The van der Waals surface area contributed by atoms with Gasteiger partial charge >= 0.3 is 5.63 Å². The van der Waals surface area contributed by atoms with Crippen LogP contribution in [-0.2, 0) is 17.6 Å². The van der Waals surface area contributed by atoms with Crippen LogP contribution < -0.4 is 10.9 Å². The quantitative estimate of drug-likeness (QED) is 0.465. The van der Waals surface area contributed by atoms with Gasteiger partial charge in [0.15, 0.2) is 0 Å². The first-order valence-electron chi connectivity index (χ1n) is 10.3. The van der Waals surface area contributed by atoms with Crippen LogP contribution in [0.2, 0.25) is 0 Å². The molecule has 1 amide bonds. The number of fused-ring (bicyclic) bond motifs is 3. The number of aliphatic hydroxyl groups is 1. The van der Waals surface area contributed by atoms with E-state index in [1.807, 2.05) is 57.2 Å². The minimum Gasteiger partial charge on any atom is -0.463 e. The lowest BCUT2D eigenvalue weighted by Crippen LogP contribution is -2.40. The molecule has 31 heavy (non-hydrogen) atoms. The number of benzene rings is 2. The predicted octanol–water partition coefficient (Wildman–Crippen LogP) is 3.73. The van der Waals surface area contributed by atoms with Gasteiger partial charge in [-0.05, 0) is 55.5 Å². The third kappa shape index (κ3) is 3.99. The summed E-state index contributed by atoms with van der Waals surface area (Å²) in [5.41, 5.74) is 4.51. The van der Waals surface area contributed by atoms with Crippen molar-refractivity contribution in [3.05, 3.63) is 80.9 Å². The molecule has 0 spiro atoms. The summed E-state index contributed by atoms with van der Waals surface area (Å²) in [7, 11) is 0. The molecule has 4 rings (SSSR count). The number of hydrogen-bond donors (Lipinski definition) is 2. The van der Waals surface area contributed by atoms with Gasteiger partial charge in [-0.3, -0.25) is 4.79 Å². The number of aryl methyl sites for hydroxylation is 3. The van der Waals surface area contributed by atoms with Gasteiger partial charge in [0.05, 0.1) is 36.3 Å². The monoisotopic (exact) mass is 419 g/mol. The summed E-state index contributed by atoms with van der Waals surface area (Å²) in [6.45, 7) is 5.53. The van der Waals surface area contributed by atoms with Crippen molar-refractivity contribution < 1.29 is 18.7 Å². The summed E-state index contributed by atoms with van der Waals surface area (Å²) >= 11 is 0. The van der Waals surface area contributed by atoms with Crippen LogP contribution in [0, 0.1) is 20.8 Å². The van der Waals surface area contributed by atoms with Crippen molar-refractivity contribution in [3.63, 3.8) is 0 Å². The molecular weight excluding hydrogens is 394 g/mol. The molecule has 6 nitrogen and oxygen atoms in total. The Bertz CT molecular complexity index is 1320. The van der Waals surface area contributed by atoms with Crippen molar-refractivity contribution >= 4 is 27.8 Å².